The Hall–Kier alpha value is -2.83. The summed E-state index contributed by atoms with van der Waals surface area (Å²) in [5, 5.41) is 3.26. The first-order chi connectivity index (χ1) is 11.2. The molecule has 0 aliphatic rings. The van der Waals surface area contributed by atoms with Crippen molar-refractivity contribution < 1.29 is 4.74 Å². The Kier molecular flexibility index (Phi) is 4.27. The lowest BCUT2D eigenvalue weighted by atomic mass is 10.1. The van der Waals surface area contributed by atoms with E-state index in [0.717, 1.165) is 12.2 Å². The number of rotatable bonds is 6. The fourth-order valence-electron chi connectivity index (χ4n) is 2.51. The van der Waals surface area contributed by atoms with Crippen molar-refractivity contribution in [3.63, 3.8) is 0 Å². The zero-order valence-corrected chi connectivity index (χ0v) is 13.2. The summed E-state index contributed by atoms with van der Waals surface area (Å²) < 4.78 is 6.74. The van der Waals surface area contributed by atoms with Crippen LogP contribution in [0.15, 0.2) is 35.4 Å². The molecule has 7 nitrogen and oxygen atoms in total. The summed E-state index contributed by atoms with van der Waals surface area (Å²) in [6.45, 7) is 3.19. The molecule has 2 aromatic heterocycles. The Bertz CT molecular complexity index is 851. The highest BCUT2D eigenvalue weighted by molar-refractivity contribution is 5.82. The van der Waals surface area contributed by atoms with E-state index in [1.165, 1.54) is 11.9 Å². The van der Waals surface area contributed by atoms with Crippen molar-refractivity contribution in [1.29, 1.82) is 0 Å². The van der Waals surface area contributed by atoms with Gasteiger partial charge in [-0.05, 0) is 31.0 Å². The van der Waals surface area contributed by atoms with E-state index in [1.807, 2.05) is 31.2 Å². The van der Waals surface area contributed by atoms with Crippen molar-refractivity contribution in [3.05, 3.63) is 46.6 Å². The number of hydrogen-bond donors (Lipinski definition) is 2. The van der Waals surface area contributed by atoms with E-state index in [4.69, 9.17) is 4.74 Å². The molecule has 0 saturated carbocycles. The highest BCUT2D eigenvalue weighted by atomic mass is 16.5. The molecule has 0 fully saturated rings. The summed E-state index contributed by atoms with van der Waals surface area (Å²) in [6, 6.07) is 7.95. The molecule has 0 spiro atoms. The van der Waals surface area contributed by atoms with E-state index in [-0.39, 0.29) is 5.69 Å². The minimum atomic E-state index is -0.166. The van der Waals surface area contributed by atoms with Crippen molar-refractivity contribution in [2.45, 2.75) is 19.9 Å². The van der Waals surface area contributed by atoms with E-state index < -0.39 is 0 Å². The quantitative estimate of drug-likeness (QED) is 0.725. The van der Waals surface area contributed by atoms with E-state index in [0.29, 0.717) is 30.1 Å². The van der Waals surface area contributed by atoms with Crippen molar-refractivity contribution in [2.24, 2.45) is 0 Å². The van der Waals surface area contributed by atoms with Crippen molar-refractivity contribution in [2.75, 3.05) is 19.0 Å². The lowest BCUT2D eigenvalue weighted by Crippen LogP contribution is -2.15. The largest absolute Gasteiger partial charge is 0.497 e. The van der Waals surface area contributed by atoms with Gasteiger partial charge in [0.05, 0.1) is 7.11 Å². The summed E-state index contributed by atoms with van der Waals surface area (Å²) in [7, 11) is 1.65. The third kappa shape index (κ3) is 3.03. The minimum Gasteiger partial charge on any atom is -0.497 e. The Labute approximate surface area is 133 Å². The van der Waals surface area contributed by atoms with Gasteiger partial charge in [0.25, 0.3) is 0 Å². The monoisotopic (exact) mass is 313 g/mol. The Balaban J connectivity index is 1.73. The van der Waals surface area contributed by atoms with Crippen LogP contribution in [-0.4, -0.2) is 33.2 Å². The number of H-pyrrole nitrogens is 1. The molecule has 3 rings (SSSR count). The normalized spacial score (nSPS) is 10.9. The predicted molar refractivity (Wildman–Crippen MR) is 89.0 cm³/mol. The number of fused-ring (bicyclic) bond motifs is 1. The highest BCUT2D eigenvalue weighted by Gasteiger charge is 2.11. The summed E-state index contributed by atoms with van der Waals surface area (Å²) in [4.78, 5) is 23.1. The summed E-state index contributed by atoms with van der Waals surface area (Å²) in [5.41, 5.74) is 2.30. The number of nitrogens with zero attached hydrogens (tertiary/aromatic N) is 3. The number of nitrogens with one attached hydrogen (secondary N) is 2. The molecule has 23 heavy (non-hydrogen) atoms. The molecular weight excluding hydrogens is 294 g/mol. The van der Waals surface area contributed by atoms with Gasteiger partial charge in [-0.3, -0.25) is 4.57 Å². The van der Waals surface area contributed by atoms with Gasteiger partial charge in [-0.25, -0.2) is 14.8 Å². The number of ether oxygens (including phenoxy) is 1. The average molecular weight is 313 g/mol. The smallest absolute Gasteiger partial charge is 0.327 e. The SMILES string of the molecule is CCn1c(=O)[nH]c2c(NCCc3ccc(OC)cc3)ncnc21. The van der Waals surface area contributed by atoms with Crippen LogP contribution in [0.3, 0.4) is 0 Å². The maximum atomic E-state index is 11.9. The number of anilines is 1. The summed E-state index contributed by atoms with van der Waals surface area (Å²) in [6.07, 6.45) is 2.31. The van der Waals surface area contributed by atoms with Gasteiger partial charge in [0.1, 0.15) is 17.6 Å². The molecule has 3 aromatic rings. The first kappa shape index (κ1) is 15.1. The standard InChI is InChI=1S/C16H19N5O2/c1-3-21-15-13(20-16(21)22)14(18-10-19-15)17-9-8-11-4-6-12(23-2)7-5-11/h4-7,10H,3,8-9H2,1-2H3,(H,20,22)(H,17,18,19). The molecule has 0 bridgehead atoms. The second-order valence-electron chi connectivity index (χ2n) is 5.12. The van der Waals surface area contributed by atoms with Gasteiger partial charge < -0.3 is 15.0 Å². The maximum Gasteiger partial charge on any atom is 0.327 e. The summed E-state index contributed by atoms with van der Waals surface area (Å²) >= 11 is 0. The fraction of sp³-hybridized carbons (Fsp3) is 0.312. The zero-order valence-electron chi connectivity index (χ0n) is 13.2. The molecular formula is C16H19N5O2. The Morgan fingerprint density at radius 2 is 2.04 bits per heavy atom. The number of hydrogen-bond acceptors (Lipinski definition) is 5. The number of aromatic nitrogens is 4. The molecule has 0 radical (unpaired) electrons. The topological polar surface area (TPSA) is 84.8 Å². The van der Waals surface area contributed by atoms with Gasteiger partial charge >= 0.3 is 5.69 Å². The Morgan fingerprint density at radius 3 is 2.74 bits per heavy atom. The van der Waals surface area contributed by atoms with Crippen LogP contribution in [0.1, 0.15) is 12.5 Å². The molecule has 0 atom stereocenters. The van der Waals surface area contributed by atoms with Crippen LogP contribution in [-0.2, 0) is 13.0 Å². The zero-order chi connectivity index (χ0) is 16.2. The van der Waals surface area contributed by atoms with Crippen LogP contribution in [0.4, 0.5) is 5.82 Å². The van der Waals surface area contributed by atoms with Crippen LogP contribution < -0.4 is 15.7 Å². The number of aryl methyl sites for hydroxylation is 1. The van der Waals surface area contributed by atoms with E-state index >= 15 is 0 Å². The van der Waals surface area contributed by atoms with Gasteiger partial charge in [-0.2, -0.15) is 0 Å². The molecule has 0 unspecified atom stereocenters. The second-order valence-corrected chi connectivity index (χ2v) is 5.12. The van der Waals surface area contributed by atoms with Crippen molar-refractivity contribution in [3.8, 4) is 5.75 Å². The first-order valence-corrected chi connectivity index (χ1v) is 7.53. The highest BCUT2D eigenvalue weighted by Crippen LogP contribution is 2.16. The van der Waals surface area contributed by atoms with Gasteiger partial charge in [0, 0.05) is 13.1 Å². The fourth-order valence-corrected chi connectivity index (χ4v) is 2.51. The van der Waals surface area contributed by atoms with Crippen LogP contribution in [0, 0.1) is 0 Å². The number of methoxy groups -OCH3 is 1. The molecule has 1 aromatic carbocycles. The molecule has 2 N–H and O–H groups in total. The van der Waals surface area contributed by atoms with Crippen LogP contribution >= 0.6 is 0 Å². The maximum absolute atomic E-state index is 11.9. The van der Waals surface area contributed by atoms with Crippen molar-refractivity contribution in [1.82, 2.24) is 19.5 Å². The van der Waals surface area contributed by atoms with Gasteiger partial charge in [-0.1, -0.05) is 12.1 Å². The molecule has 0 saturated heterocycles. The predicted octanol–water partition coefficient (Wildman–Crippen LogP) is 1.80. The second kappa shape index (κ2) is 6.51. The molecule has 0 aliphatic heterocycles. The number of imidazole rings is 1. The van der Waals surface area contributed by atoms with Crippen LogP contribution in [0.2, 0.25) is 0 Å². The molecule has 120 valence electrons. The van der Waals surface area contributed by atoms with Crippen LogP contribution in [0.25, 0.3) is 11.2 Å². The summed E-state index contributed by atoms with van der Waals surface area (Å²) in [5.74, 6) is 1.49. The third-order valence-corrected chi connectivity index (χ3v) is 3.74. The number of aromatic amines is 1. The van der Waals surface area contributed by atoms with E-state index in [1.54, 1.807) is 11.7 Å². The van der Waals surface area contributed by atoms with E-state index in [9.17, 15) is 4.79 Å². The molecule has 0 aliphatic carbocycles. The lowest BCUT2D eigenvalue weighted by Gasteiger charge is -2.07. The Morgan fingerprint density at radius 1 is 1.26 bits per heavy atom. The molecule has 7 heteroatoms. The van der Waals surface area contributed by atoms with Crippen molar-refractivity contribution >= 4 is 17.0 Å². The van der Waals surface area contributed by atoms with Crippen LogP contribution in [0.5, 0.6) is 5.75 Å². The van der Waals surface area contributed by atoms with Gasteiger partial charge in [-0.15, -0.1) is 0 Å². The molecule has 2 heterocycles. The number of benzene rings is 1. The minimum absolute atomic E-state index is 0.166. The molecule has 0 amide bonds. The third-order valence-electron chi connectivity index (χ3n) is 3.74. The first-order valence-electron chi connectivity index (χ1n) is 7.53. The van der Waals surface area contributed by atoms with E-state index in [2.05, 4.69) is 20.3 Å². The van der Waals surface area contributed by atoms with Gasteiger partial charge in [0.2, 0.25) is 0 Å². The van der Waals surface area contributed by atoms with Gasteiger partial charge in [0.15, 0.2) is 11.5 Å². The average Bonchev–Trinajstić information content (AvgIpc) is 2.91. The lowest BCUT2D eigenvalue weighted by molar-refractivity contribution is 0.414.